The maximum atomic E-state index is 13.6. The summed E-state index contributed by atoms with van der Waals surface area (Å²) >= 11 is 6.14. The molecule has 5 rings (SSSR count). The Bertz CT molecular complexity index is 1240. The van der Waals surface area contributed by atoms with Crippen molar-refractivity contribution in [3.05, 3.63) is 70.4 Å². The molecule has 3 aromatic rings. The summed E-state index contributed by atoms with van der Waals surface area (Å²) in [4.78, 5) is 32.7. The Kier molecular flexibility index (Phi) is 5.13. The molecule has 1 aliphatic carbocycles. The third kappa shape index (κ3) is 3.24. The Labute approximate surface area is 189 Å². The first-order valence-corrected chi connectivity index (χ1v) is 10.9. The molecule has 164 valence electrons. The molecule has 1 N–H and O–H groups in total. The predicted molar refractivity (Wildman–Crippen MR) is 118 cm³/mol. The maximum Gasteiger partial charge on any atom is 0.290 e. The highest BCUT2D eigenvalue weighted by Gasteiger charge is 2.48. The number of benzene rings is 1. The fraction of sp³-hybridized carbons (Fsp3) is 0.292. The number of halogens is 1. The number of ketones is 1. The second-order valence-electron chi connectivity index (χ2n) is 8.04. The molecule has 2 aliphatic rings. The van der Waals surface area contributed by atoms with Gasteiger partial charge in [0.1, 0.15) is 6.04 Å². The van der Waals surface area contributed by atoms with E-state index in [0.717, 1.165) is 25.7 Å². The lowest BCUT2D eigenvalue weighted by atomic mass is 9.97. The van der Waals surface area contributed by atoms with Crippen LogP contribution >= 0.6 is 11.6 Å². The predicted octanol–water partition coefficient (Wildman–Crippen LogP) is 5.01. The number of carbonyl (C=O) groups excluding carboxylic acids is 2. The van der Waals surface area contributed by atoms with Crippen LogP contribution in [0.2, 0.25) is 5.02 Å². The Balaban J connectivity index is 1.62. The molecule has 3 heterocycles. The number of aliphatic hydroxyl groups excluding tert-OH is 1. The van der Waals surface area contributed by atoms with E-state index in [1.54, 1.807) is 47.5 Å². The average Bonchev–Trinajstić information content (AvgIpc) is 3.52. The number of pyridine rings is 1. The van der Waals surface area contributed by atoms with Crippen molar-refractivity contribution < 1.29 is 23.8 Å². The maximum absolute atomic E-state index is 13.6. The fourth-order valence-corrected chi connectivity index (χ4v) is 4.94. The molecule has 0 spiro atoms. The monoisotopic (exact) mass is 452 g/mol. The average molecular weight is 453 g/mol. The van der Waals surface area contributed by atoms with Crippen LogP contribution < -0.4 is 4.74 Å². The number of amides is 1. The molecule has 1 saturated carbocycles. The lowest BCUT2D eigenvalue weighted by Gasteiger charge is -2.31. The van der Waals surface area contributed by atoms with Crippen LogP contribution in [0, 0.1) is 0 Å². The molecule has 1 aromatic carbocycles. The zero-order chi connectivity index (χ0) is 22.4. The number of methoxy groups -OCH3 is 1. The van der Waals surface area contributed by atoms with Crippen molar-refractivity contribution in [2.24, 2.45) is 0 Å². The summed E-state index contributed by atoms with van der Waals surface area (Å²) in [7, 11) is 1.48. The number of ether oxygens (including phenoxy) is 1. The zero-order valence-electron chi connectivity index (χ0n) is 17.4. The van der Waals surface area contributed by atoms with Gasteiger partial charge < -0.3 is 19.2 Å². The molecule has 1 fully saturated rings. The number of Topliss-reactive ketones (excluding diaryl/α,β-unsaturated/α-hetero) is 1. The summed E-state index contributed by atoms with van der Waals surface area (Å²) in [5.74, 6) is -1.29. The summed E-state index contributed by atoms with van der Waals surface area (Å²) in [5, 5.41) is 11.8. The number of nitrogens with zero attached hydrogens (tertiary/aromatic N) is 2. The number of hydrogen-bond donors (Lipinski definition) is 1. The van der Waals surface area contributed by atoms with Crippen molar-refractivity contribution in [2.45, 2.75) is 37.8 Å². The second kappa shape index (κ2) is 7.98. The van der Waals surface area contributed by atoms with Crippen molar-refractivity contribution >= 4 is 34.3 Å². The molecule has 0 radical (unpaired) electrons. The van der Waals surface area contributed by atoms with Crippen LogP contribution in [0.3, 0.4) is 0 Å². The minimum Gasteiger partial charge on any atom is -0.503 e. The minimum absolute atomic E-state index is 0.0101. The van der Waals surface area contributed by atoms with E-state index in [9.17, 15) is 14.7 Å². The van der Waals surface area contributed by atoms with E-state index in [4.69, 9.17) is 20.8 Å². The standard InChI is InChI=1S/C24H21ClN2O5/c1-31-18-12-14(25)10-13-11-17(32-23(13)18)21(28)19-20(16-8-4-5-9-26-16)27(24(30)22(19)29)15-6-2-3-7-15/h4-5,8-12,15,20,29H,2-3,6-7H2,1H3. The van der Waals surface area contributed by atoms with E-state index in [2.05, 4.69) is 4.98 Å². The van der Waals surface area contributed by atoms with Crippen molar-refractivity contribution in [3.63, 3.8) is 0 Å². The van der Waals surface area contributed by atoms with E-state index in [0.29, 0.717) is 27.4 Å². The van der Waals surface area contributed by atoms with Crippen LogP contribution in [0.15, 0.2) is 58.3 Å². The molecule has 1 unspecified atom stereocenters. The fourth-order valence-electron chi connectivity index (χ4n) is 4.72. The highest BCUT2D eigenvalue weighted by molar-refractivity contribution is 6.31. The van der Waals surface area contributed by atoms with E-state index in [1.165, 1.54) is 7.11 Å². The largest absolute Gasteiger partial charge is 0.503 e. The van der Waals surface area contributed by atoms with Gasteiger partial charge in [-0.2, -0.15) is 0 Å². The molecule has 0 bridgehead atoms. The van der Waals surface area contributed by atoms with Gasteiger partial charge in [0.25, 0.3) is 5.91 Å². The van der Waals surface area contributed by atoms with Crippen molar-refractivity contribution in [1.29, 1.82) is 0 Å². The van der Waals surface area contributed by atoms with Crippen LogP contribution in [-0.2, 0) is 4.79 Å². The van der Waals surface area contributed by atoms with E-state index >= 15 is 0 Å². The highest BCUT2D eigenvalue weighted by atomic mass is 35.5. The number of aliphatic hydroxyl groups is 1. The normalized spacial score (nSPS) is 19.4. The first-order chi connectivity index (χ1) is 15.5. The first kappa shape index (κ1) is 20.6. The van der Waals surface area contributed by atoms with E-state index < -0.39 is 23.5 Å². The number of carbonyl (C=O) groups is 2. The number of rotatable bonds is 5. The van der Waals surface area contributed by atoms with Crippen LogP contribution in [0.4, 0.5) is 0 Å². The van der Waals surface area contributed by atoms with Gasteiger partial charge in [-0.05, 0) is 37.1 Å². The van der Waals surface area contributed by atoms with Crippen molar-refractivity contribution in [3.8, 4) is 5.75 Å². The summed E-state index contributed by atoms with van der Waals surface area (Å²) < 4.78 is 11.1. The molecule has 1 aliphatic heterocycles. The second-order valence-corrected chi connectivity index (χ2v) is 8.47. The van der Waals surface area contributed by atoms with Crippen molar-refractivity contribution in [1.82, 2.24) is 9.88 Å². The van der Waals surface area contributed by atoms with E-state index in [1.807, 2.05) is 0 Å². The molecule has 7 nitrogen and oxygen atoms in total. The molecule has 1 atom stereocenters. The summed E-state index contributed by atoms with van der Waals surface area (Å²) in [6.07, 6.45) is 5.25. The van der Waals surface area contributed by atoms with Gasteiger partial charge >= 0.3 is 0 Å². The Morgan fingerprint density at radius 2 is 2.03 bits per heavy atom. The van der Waals surface area contributed by atoms with Gasteiger partial charge in [0, 0.05) is 28.7 Å². The summed E-state index contributed by atoms with van der Waals surface area (Å²) in [6.45, 7) is 0. The number of furan rings is 1. The van der Waals surface area contributed by atoms with Gasteiger partial charge in [0.15, 0.2) is 22.9 Å². The van der Waals surface area contributed by atoms with Crippen LogP contribution in [0.25, 0.3) is 11.0 Å². The SMILES string of the molecule is COc1cc(Cl)cc2cc(C(=O)C3=C(O)C(=O)N(C4CCCC4)C3c3ccccn3)oc12. The third-order valence-electron chi connectivity index (χ3n) is 6.17. The van der Waals surface area contributed by atoms with Gasteiger partial charge in [-0.1, -0.05) is 30.5 Å². The molecule has 8 heteroatoms. The number of fused-ring (bicyclic) bond motifs is 1. The molecule has 1 amide bonds. The molecule has 32 heavy (non-hydrogen) atoms. The third-order valence-corrected chi connectivity index (χ3v) is 6.38. The lowest BCUT2D eigenvalue weighted by Crippen LogP contribution is -2.39. The quantitative estimate of drug-likeness (QED) is 0.547. The van der Waals surface area contributed by atoms with E-state index in [-0.39, 0.29) is 17.4 Å². The van der Waals surface area contributed by atoms with Crippen LogP contribution in [-0.4, -0.2) is 39.8 Å². The minimum atomic E-state index is -0.780. The lowest BCUT2D eigenvalue weighted by molar-refractivity contribution is -0.131. The Morgan fingerprint density at radius 1 is 1.25 bits per heavy atom. The van der Waals surface area contributed by atoms with Gasteiger partial charge in [-0.15, -0.1) is 0 Å². The van der Waals surface area contributed by atoms with Crippen molar-refractivity contribution in [2.75, 3.05) is 7.11 Å². The topological polar surface area (TPSA) is 92.9 Å². The van der Waals surface area contributed by atoms with Gasteiger partial charge in [-0.3, -0.25) is 14.6 Å². The van der Waals surface area contributed by atoms with Crippen LogP contribution in [0.5, 0.6) is 5.75 Å². The smallest absolute Gasteiger partial charge is 0.290 e. The molecular weight excluding hydrogens is 432 g/mol. The molecule has 2 aromatic heterocycles. The first-order valence-electron chi connectivity index (χ1n) is 10.5. The van der Waals surface area contributed by atoms with Crippen LogP contribution in [0.1, 0.15) is 48.0 Å². The zero-order valence-corrected chi connectivity index (χ0v) is 18.1. The van der Waals surface area contributed by atoms with Gasteiger partial charge in [0.05, 0.1) is 18.4 Å². The van der Waals surface area contributed by atoms with Gasteiger partial charge in [0.2, 0.25) is 5.78 Å². The molecule has 0 saturated heterocycles. The van der Waals surface area contributed by atoms with Gasteiger partial charge in [-0.25, -0.2) is 0 Å². The number of aromatic nitrogens is 1. The highest BCUT2D eigenvalue weighted by Crippen LogP contribution is 2.43. The Hall–Kier alpha value is -3.32. The number of hydrogen-bond acceptors (Lipinski definition) is 6. The molecular formula is C24H21ClN2O5. The Morgan fingerprint density at radius 3 is 2.72 bits per heavy atom. The summed E-state index contributed by atoms with van der Waals surface area (Å²) in [6, 6.07) is 9.28. The summed E-state index contributed by atoms with van der Waals surface area (Å²) in [5.41, 5.74) is 0.869.